The zero-order valence-corrected chi connectivity index (χ0v) is 22.3. The predicted molar refractivity (Wildman–Crippen MR) is 137 cm³/mol. The molecular formula is C27H33FNO4Si. The molecule has 0 saturated carbocycles. The van der Waals surface area contributed by atoms with Crippen molar-refractivity contribution >= 4 is 25.9 Å². The van der Waals surface area contributed by atoms with Crippen molar-refractivity contribution < 1.29 is 18.3 Å². The highest BCUT2D eigenvalue weighted by atomic mass is 28.3. The Labute approximate surface area is 202 Å². The molecule has 2 aromatic carbocycles. The average molecular weight is 483 g/mol. The summed E-state index contributed by atoms with van der Waals surface area (Å²) in [5.74, 6) is -0.425. The summed E-state index contributed by atoms with van der Waals surface area (Å²) in [5, 5.41) is 0.154. The van der Waals surface area contributed by atoms with E-state index in [9.17, 15) is 9.59 Å². The lowest BCUT2D eigenvalue weighted by molar-refractivity contribution is 0.0524. The van der Waals surface area contributed by atoms with Crippen LogP contribution in [0, 0.1) is 12.7 Å². The van der Waals surface area contributed by atoms with Crippen LogP contribution in [0.4, 0.5) is 4.39 Å². The Morgan fingerprint density at radius 3 is 2.35 bits per heavy atom. The minimum Gasteiger partial charge on any atom is -0.542 e. The Kier molecular flexibility index (Phi) is 7.36. The second kappa shape index (κ2) is 9.74. The van der Waals surface area contributed by atoms with E-state index >= 15 is 4.39 Å². The van der Waals surface area contributed by atoms with E-state index in [1.165, 1.54) is 12.3 Å². The molecule has 181 valence electrons. The number of ether oxygens (including phenoxy) is 1. The summed E-state index contributed by atoms with van der Waals surface area (Å²) < 4.78 is 28.6. The van der Waals surface area contributed by atoms with Crippen LogP contribution in [-0.2, 0) is 16.7 Å². The Hall–Kier alpha value is -2.93. The monoisotopic (exact) mass is 482 g/mol. The number of fused-ring (bicyclic) bond motifs is 1. The first kappa shape index (κ1) is 25.7. The molecule has 1 radical (unpaired) electrons. The standard InChI is InChI=1S/C27H33FNO4Si/c1-9-29-15-20(26(31)32-10-2)24(30)19-13-22(28)18(14-23(19)29)17-11-12-21(27(4,5)6)25(16(17)3)33-34(7)8/h11-15H,9-10H2,1-8H3. The van der Waals surface area contributed by atoms with Gasteiger partial charge in [-0.3, -0.25) is 4.79 Å². The van der Waals surface area contributed by atoms with E-state index in [4.69, 9.17) is 9.16 Å². The minimum atomic E-state index is -1.05. The van der Waals surface area contributed by atoms with Crippen LogP contribution in [-0.4, -0.2) is 26.2 Å². The zero-order valence-electron chi connectivity index (χ0n) is 21.3. The number of nitrogens with zero attached hydrogens (tertiary/aromatic N) is 1. The second-order valence-electron chi connectivity index (χ2n) is 9.60. The third-order valence-corrected chi connectivity index (χ3v) is 6.43. The number of rotatable bonds is 6. The lowest BCUT2D eigenvalue weighted by Crippen LogP contribution is -2.21. The quantitative estimate of drug-likeness (QED) is 0.308. The number of benzene rings is 2. The van der Waals surface area contributed by atoms with Gasteiger partial charge in [-0.05, 0) is 68.1 Å². The van der Waals surface area contributed by atoms with Crippen LogP contribution in [0.2, 0.25) is 13.1 Å². The van der Waals surface area contributed by atoms with E-state index in [1.54, 1.807) is 17.6 Å². The molecule has 0 unspecified atom stereocenters. The second-order valence-corrected chi connectivity index (χ2v) is 11.6. The number of esters is 1. The molecule has 1 aromatic heterocycles. The Bertz CT molecular complexity index is 1300. The van der Waals surface area contributed by atoms with Crippen molar-refractivity contribution in [2.75, 3.05) is 6.61 Å². The van der Waals surface area contributed by atoms with Crippen molar-refractivity contribution in [1.82, 2.24) is 4.57 Å². The van der Waals surface area contributed by atoms with E-state index in [-0.39, 0.29) is 23.0 Å². The first-order valence-electron chi connectivity index (χ1n) is 11.6. The summed E-state index contributed by atoms with van der Waals surface area (Å²) in [4.78, 5) is 25.3. The predicted octanol–water partition coefficient (Wildman–Crippen LogP) is 6.24. The van der Waals surface area contributed by atoms with Gasteiger partial charge in [0.2, 0.25) is 5.43 Å². The van der Waals surface area contributed by atoms with Crippen LogP contribution in [0.25, 0.3) is 22.0 Å². The Morgan fingerprint density at radius 1 is 1.12 bits per heavy atom. The molecule has 5 nitrogen and oxygen atoms in total. The van der Waals surface area contributed by atoms with E-state index < -0.39 is 26.3 Å². The summed E-state index contributed by atoms with van der Waals surface area (Å²) in [6.07, 6.45) is 1.50. The van der Waals surface area contributed by atoms with Crippen LogP contribution in [0.3, 0.4) is 0 Å². The molecule has 0 bridgehead atoms. The lowest BCUT2D eigenvalue weighted by atomic mass is 9.83. The maximum atomic E-state index is 15.5. The van der Waals surface area contributed by atoms with E-state index in [1.807, 2.05) is 26.0 Å². The van der Waals surface area contributed by atoms with Crippen LogP contribution < -0.4 is 9.85 Å². The molecule has 0 aliphatic heterocycles. The highest BCUT2D eigenvalue weighted by Gasteiger charge is 2.25. The molecule has 0 fully saturated rings. The van der Waals surface area contributed by atoms with Crippen LogP contribution >= 0.6 is 0 Å². The SMILES string of the molecule is CCOC(=O)c1cn(CC)c2cc(-c3ccc(C(C)(C)C)c(O[Si](C)C)c3C)c(F)cc2c1=O. The largest absolute Gasteiger partial charge is 0.542 e. The fourth-order valence-electron chi connectivity index (χ4n) is 4.14. The van der Waals surface area contributed by atoms with E-state index in [0.717, 1.165) is 22.4 Å². The van der Waals surface area contributed by atoms with Crippen molar-refractivity contribution in [2.45, 2.75) is 66.6 Å². The molecule has 3 rings (SSSR count). The molecule has 0 atom stereocenters. The summed E-state index contributed by atoms with van der Waals surface area (Å²) >= 11 is 0. The van der Waals surface area contributed by atoms with Crippen molar-refractivity contribution in [1.29, 1.82) is 0 Å². The van der Waals surface area contributed by atoms with Gasteiger partial charge in [0.1, 0.15) is 17.1 Å². The smallest absolute Gasteiger partial charge is 0.343 e. The van der Waals surface area contributed by atoms with Gasteiger partial charge in [-0.2, -0.15) is 0 Å². The third-order valence-electron chi connectivity index (χ3n) is 5.82. The summed E-state index contributed by atoms with van der Waals surface area (Å²) in [6, 6.07) is 6.85. The first-order chi connectivity index (χ1) is 15.9. The normalized spacial score (nSPS) is 11.8. The van der Waals surface area contributed by atoms with Crippen molar-refractivity contribution in [3.05, 3.63) is 63.2 Å². The number of carbonyl (C=O) groups excluding carboxylic acids is 1. The van der Waals surface area contributed by atoms with Gasteiger partial charge in [-0.25, -0.2) is 9.18 Å². The summed E-state index contributed by atoms with van der Waals surface area (Å²) in [5.41, 5.74) is 2.86. The zero-order chi connectivity index (χ0) is 25.4. The molecule has 0 aliphatic carbocycles. The fraction of sp³-hybridized carbons (Fsp3) is 0.407. The maximum absolute atomic E-state index is 15.5. The van der Waals surface area contributed by atoms with Gasteiger partial charge >= 0.3 is 5.97 Å². The van der Waals surface area contributed by atoms with Gasteiger partial charge in [-0.15, -0.1) is 0 Å². The lowest BCUT2D eigenvalue weighted by Gasteiger charge is -2.27. The van der Waals surface area contributed by atoms with Crippen molar-refractivity contribution in [3.8, 4) is 16.9 Å². The summed E-state index contributed by atoms with van der Waals surface area (Å²) in [6.45, 7) is 16.7. The van der Waals surface area contributed by atoms with Gasteiger partial charge in [0.25, 0.3) is 9.04 Å². The molecule has 0 amide bonds. The van der Waals surface area contributed by atoms with E-state index in [2.05, 4.69) is 33.9 Å². The third kappa shape index (κ3) is 4.80. The molecule has 0 saturated heterocycles. The maximum Gasteiger partial charge on any atom is 0.343 e. The fourth-order valence-corrected chi connectivity index (χ4v) is 4.81. The first-order valence-corrected chi connectivity index (χ1v) is 14.0. The number of halogens is 1. The topological polar surface area (TPSA) is 57.5 Å². The molecule has 7 heteroatoms. The molecule has 0 N–H and O–H groups in total. The highest BCUT2D eigenvalue weighted by molar-refractivity contribution is 6.49. The molecule has 3 aromatic rings. The highest BCUT2D eigenvalue weighted by Crippen LogP contribution is 2.40. The van der Waals surface area contributed by atoms with Gasteiger partial charge in [0.15, 0.2) is 0 Å². The number of aromatic nitrogens is 1. The van der Waals surface area contributed by atoms with Gasteiger partial charge in [-0.1, -0.05) is 32.9 Å². The minimum absolute atomic E-state index is 0.0923. The molecule has 1 heterocycles. The van der Waals surface area contributed by atoms with Gasteiger partial charge in [0.05, 0.1) is 12.1 Å². The average Bonchev–Trinajstić information content (AvgIpc) is 2.74. The number of aryl methyl sites for hydroxylation is 1. The Balaban J connectivity index is 2.31. The van der Waals surface area contributed by atoms with Gasteiger partial charge in [0, 0.05) is 23.7 Å². The van der Waals surface area contributed by atoms with Crippen LogP contribution in [0.1, 0.15) is 56.1 Å². The van der Waals surface area contributed by atoms with E-state index in [0.29, 0.717) is 17.6 Å². The molecule has 0 aliphatic rings. The van der Waals surface area contributed by atoms with Crippen molar-refractivity contribution in [3.63, 3.8) is 0 Å². The molecule has 0 spiro atoms. The number of pyridine rings is 1. The molecular weight excluding hydrogens is 449 g/mol. The van der Waals surface area contributed by atoms with Crippen molar-refractivity contribution in [2.24, 2.45) is 0 Å². The Morgan fingerprint density at radius 2 is 1.79 bits per heavy atom. The molecule has 34 heavy (non-hydrogen) atoms. The number of hydrogen-bond acceptors (Lipinski definition) is 4. The number of carbonyl (C=O) groups is 1. The van der Waals surface area contributed by atoms with Crippen LogP contribution in [0.5, 0.6) is 5.75 Å². The van der Waals surface area contributed by atoms with Gasteiger partial charge < -0.3 is 13.7 Å². The summed E-state index contributed by atoms with van der Waals surface area (Å²) in [7, 11) is -1.05. The number of hydrogen-bond donors (Lipinski definition) is 0. The van der Waals surface area contributed by atoms with Crippen LogP contribution in [0.15, 0.2) is 35.3 Å².